The Kier molecular flexibility index (Phi) is 3.09. The SMILES string of the molecule is Nc1cn[nH]c1C(=O)N1CCC(CCO)C1. The second-order valence-electron chi connectivity index (χ2n) is 4.12. The van der Waals surface area contributed by atoms with E-state index >= 15 is 0 Å². The van der Waals surface area contributed by atoms with E-state index in [1.807, 2.05) is 0 Å². The van der Waals surface area contributed by atoms with E-state index in [9.17, 15) is 4.79 Å². The topological polar surface area (TPSA) is 95.2 Å². The number of rotatable bonds is 3. The number of anilines is 1. The Morgan fingerprint density at radius 1 is 1.75 bits per heavy atom. The van der Waals surface area contributed by atoms with Crippen LogP contribution in [0.5, 0.6) is 0 Å². The Morgan fingerprint density at radius 3 is 3.19 bits per heavy atom. The lowest BCUT2D eigenvalue weighted by molar-refractivity contribution is 0.0780. The lowest BCUT2D eigenvalue weighted by Crippen LogP contribution is -2.29. The van der Waals surface area contributed by atoms with Crippen LogP contribution in [-0.4, -0.2) is 45.8 Å². The van der Waals surface area contributed by atoms with Gasteiger partial charge in [0.25, 0.3) is 5.91 Å². The van der Waals surface area contributed by atoms with Gasteiger partial charge in [-0.1, -0.05) is 0 Å². The van der Waals surface area contributed by atoms with Crippen molar-refractivity contribution in [3.05, 3.63) is 11.9 Å². The monoisotopic (exact) mass is 224 g/mol. The summed E-state index contributed by atoms with van der Waals surface area (Å²) in [5.41, 5.74) is 6.37. The summed E-state index contributed by atoms with van der Waals surface area (Å²) in [5.74, 6) is 0.300. The second-order valence-corrected chi connectivity index (χ2v) is 4.12. The fourth-order valence-electron chi connectivity index (χ4n) is 2.06. The molecule has 16 heavy (non-hydrogen) atoms. The normalized spacial score (nSPS) is 20.3. The number of H-pyrrole nitrogens is 1. The van der Waals surface area contributed by atoms with Gasteiger partial charge >= 0.3 is 0 Å². The summed E-state index contributed by atoms with van der Waals surface area (Å²) in [6.07, 6.45) is 3.14. The van der Waals surface area contributed by atoms with Crippen molar-refractivity contribution in [2.24, 2.45) is 5.92 Å². The molecule has 2 rings (SSSR count). The molecule has 1 atom stereocenters. The maximum atomic E-state index is 12.0. The summed E-state index contributed by atoms with van der Waals surface area (Å²) >= 11 is 0. The fourth-order valence-corrected chi connectivity index (χ4v) is 2.06. The van der Waals surface area contributed by atoms with Crippen molar-refractivity contribution in [3.8, 4) is 0 Å². The molecule has 0 aliphatic carbocycles. The Morgan fingerprint density at radius 2 is 2.56 bits per heavy atom. The van der Waals surface area contributed by atoms with Crippen molar-refractivity contribution in [3.63, 3.8) is 0 Å². The average molecular weight is 224 g/mol. The molecule has 1 fully saturated rings. The molecular formula is C10H16N4O2. The number of hydrogen-bond donors (Lipinski definition) is 3. The van der Waals surface area contributed by atoms with Crippen molar-refractivity contribution >= 4 is 11.6 Å². The van der Waals surface area contributed by atoms with E-state index in [0.717, 1.165) is 19.4 Å². The number of aliphatic hydroxyl groups excluding tert-OH is 1. The van der Waals surface area contributed by atoms with Crippen molar-refractivity contribution in [1.29, 1.82) is 0 Å². The van der Waals surface area contributed by atoms with Gasteiger partial charge in [-0.25, -0.2) is 0 Å². The van der Waals surface area contributed by atoms with E-state index in [-0.39, 0.29) is 12.5 Å². The van der Waals surface area contributed by atoms with E-state index < -0.39 is 0 Å². The summed E-state index contributed by atoms with van der Waals surface area (Å²) in [4.78, 5) is 13.7. The van der Waals surface area contributed by atoms with E-state index in [2.05, 4.69) is 10.2 Å². The molecule has 0 saturated carbocycles. The van der Waals surface area contributed by atoms with Crippen LogP contribution < -0.4 is 5.73 Å². The van der Waals surface area contributed by atoms with Gasteiger partial charge < -0.3 is 15.7 Å². The molecule has 1 unspecified atom stereocenters. The molecule has 6 nitrogen and oxygen atoms in total. The maximum Gasteiger partial charge on any atom is 0.274 e. The van der Waals surface area contributed by atoms with Crippen molar-refractivity contribution in [2.45, 2.75) is 12.8 Å². The van der Waals surface area contributed by atoms with E-state index in [1.165, 1.54) is 6.20 Å². The average Bonchev–Trinajstić information content (AvgIpc) is 2.87. The number of nitrogen functional groups attached to an aromatic ring is 1. The first-order chi connectivity index (χ1) is 7.72. The standard InChI is InChI=1S/C10H16N4O2/c11-8-5-12-13-9(8)10(16)14-3-1-7(6-14)2-4-15/h5,7,15H,1-4,6,11H2,(H,12,13). The van der Waals surface area contributed by atoms with Crippen LogP contribution in [0, 0.1) is 5.92 Å². The number of aromatic nitrogens is 2. The Hall–Kier alpha value is -1.56. The molecule has 88 valence electrons. The zero-order valence-corrected chi connectivity index (χ0v) is 9.02. The summed E-state index contributed by atoms with van der Waals surface area (Å²) in [7, 11) is 0. The van der Waals surface area contributed by atoms with Gasteiger partial charge in [0.1, 0.15) is 5.69 Å². The molecule has 4 N–H and O–H groups in total. The minimum Gasteiger partial charge on any atom is -0.396 e. The number of nitrogens with zero attached hydrogens (tertiary/aromatic N) is 2. The molecule has 2 heterocycles. The number of amides is 1. The van der Waals surface area contributed by atoms with Gasteiger partial charge in [-0.3, -0.25) is 9.89 Å². The van der Waals surface area contributed by atoms with Gasteiger partial charge in [0.05, 0.1) is 11.9 Å². The number of nitrogens with one attached hydrogen (secondary N) is 1. The largest absolute Gasteiger partial charge is 0.396 e. The van der Waals surface area contributed by atoms with Gasteiger partial charge in [-0.05, 0) is 18.8 Å². The van der Waals surface area contributed by atoms with Crippen LogP contribution in [-0.2, 0) is 0 Å². The number of nitrogens with two attached hydrogens (primary N) is 1. The lowest BCUT2D eigenvalue weighted by atomic mass is 10.1. The van der Waals surface area contributed by atoms with Crippen LogP contribution in [0.1, 0.15) is 23.3 Å². The molecule has 0 aromatic carbocycles. The molecule has 1 amide bonds. The van der Waals surface area contributed by atoms with E-state index in [0.29, 0.717) is 23.8 Å². The van der Waals surface area contributed by atoms with Crippen molar-refractivity contribution < 1.29 is 9.90 Å². The Labute approximate surface area is 93.4 Å². The summed E-state index contributed by atoms with van der Waals surface area (Å²) in [6.45, 7) is 1.60. The molecule has 1 aromatic heterocycles. The second kappa shape index (κ2) is 4.52. The van der Waals surface area contributed by atoms with Gasteiger partial charge in [-0.15, -0.1) is 0 Å². The molecule has 0 radical (unpaired) electrons. The third-order valence-electron chi connectivity index (χ3n) is 2.99. The number of hydrogen-bond acceptors (Lipinski definition) is 4. The first kappa shape index (κ1) is 10.9. The summed E-state index contributed by atoms with van der Waals surface area (Å²) in [6, 6.07) is 0. The smallest absolute Gasteiger partial charge is 0.274 e. The van der Waals surface area contributed by atoms with Crippen LogP contribution in [0.4, 0.5) is 5.69 Å². The molecule has 0 bridgehead atoms. The lowest BCUT2D eigenvalue weighted by Gasteiger charge is -2.15. The Bertz CT molecular complexity index is 377. The highest BCUT2D eigenvalue weighted by Crippen LogP contribution is 2.21. The number of aromatic amines is 1. The first-order valence-electron chi connectivity index (χ1n) is 5.41. The number of carbonyl (C=O) groups is 1. The van der Waals surface area contributed by atoms with Gasteiger partial charge in [0.2, 0.25) is 0 Å². The number of aliphatic hydroxyl groups is 1. The van der Waals surface area contributed by atoms with Gasteiger partial charge in [0.15, 0.2) is 0 Å². The van der Waals surface area contributed by atoms with Crippen LogP contribution >= 0.6 is 0 Å². The molecule has 6 heteroatoms. The predicted octanol–water partition coefficient (Wildman–Crippen LogP) is -0.164. The van der Waals surface area contributed by atoms with Gasteiger partial charge in [0, 0.05) is 19.7 Å². The molecular weight excluding hydrogens is 208 g/mol. The quantitative estimate of drug-likeness (QED) is 0.664. The third-order valence-corrected chi connectivity index (χ3v) is 2.99. The highest BCUT2D eigenvalue weighted by atomic mass is 16.3. The first-order valence-corrected chi connectivity index (χ1v) is 5.41. The minimum absolute atomic E-state index is 0.101. The van der Waals surface area contributed by atoms with Crippen molar-refractivity contribution in [1.82, 2.24) is 15.1 Å². The molecule has 1 aliphatic heterocycles. The van der Waals surface area contributed by atoms with Crippen LogP contribution in [0.15, 0.2) is 6.20 Å². The molecule has 0 spiro atoms. The fraction of sp³-hybridized carbons (Fsp3) is 0.600. The highest BCUT2D eigenvalue weighted by molar-refractivity contribution is 5.97. The maximum absolute atomic E-state index is 12.0. The Balaban J connectivity index is 2.00. The van der Waals surface area contributed by atoms with Crippen LogP contribution in [0.25, 0.3) is 0 Å². The predicted molar refractivity (Wildman–Crippen MR) is 58.7 cm³/mol. The summed E-state index contributed by atoms with van der Waals surface area (Å²) < 4.78 is 0. The van der Waals surface area contributed by atoms with Crippen molar-refractivity contribution in [2.75, 3.05) is 25.4 Å². The zero-order chi connectivity index (χ0) is 11.5. The summed E-state index contributed by atoms with van der Waals surface area (Å²) in [5, 5.41) is 15.2. The van der Waals surface area contributed by atoms with E-state index in [1.54, 1.807) is 4.90 Å². The highest BCUT2D eigenvalue weighted by Gasteiger charge is 2.28. The molecule has 1 aromatic rings. The third kappa shape index (κ3) is 2.01. The number of carbonyl (C=O) groups excluding carboxylic acids is 1. The van der Waals surface area contributed by atoms with Gasteiger partial charge in [-0.2, -0.15) is 5.10 Å². The van der Waals surface area contributed by atoms with Crippen LogP contribution in [0.3, 0.4) is 0 Å². The minimum atomic E-state index is -0.101. The zero-order valence-electron chi connectivity index (χ0n) is 9.02. The number of likely N-dealkylation sites (tertiary alicyclic amines) is 1. The molecule has 1 aliphatic rings. The molecule has 1 saturated heterocycles. The van der Waals surface area contributed by atoms with Crippen LogP contribution in [0.2, 0.25) is 0 Å². The van der Waals surface area contributed by atoms with E-state index in [4.69, 9.17) is 10.8 Å².